The van der Waals surface area contributed by atoms with Crippen LogP contribution >= 0.6 is 0 Å². The highest BCUT2D eigenvalue weighted by Crippen LogP contribution is 2.28. The topological polar surface area (TPSA) is 72.9 Å². The molecule has 0 aliphatic carbocycles. The average Bonchev–Trinajstić information content (AvgIpc) is 2.62. The van der Waals surface area contributed by atoms with Crippen LogP contribution in [0.3, 0.4) is 0 Å². The van der Waals surface area contributed by atoms with E-state index in [9.17, 15) is 4.79 Å². The van der Waals surface area contributed by atoms with Crippen molar-refractivity contribution in [2.75, 3.05) is 0 Å². The van der Waals surface area contributed by atoms with Gasteiger partial charge in [-0.2, -0.15) is 5.10 Å². The summed E-state index contributed by atoms with van der Waals surface area (Å²) < 4.78 is 1.78. The summed E-state index contributed by atoms with van der Waals surface area (Å²) in [7, 11) is 1.90. The van der Waals surface area contributed by atoms with Gasteiger partial charge in [-0.25, -0.2) is 0 Å². The summed E-state index contributed by atoms with van der Waals surface area (Å²) in [6.07, 6.45) is 5.64. The smallest absolute Gasteiger partial charge is 0.222 e. The van der Waals surface area contributed by atoms with Crippen LogP contribution in [0.5, 0.6) is 0 Å². The molecule has 1 amide bonds. The Morgan fingerprint density at radius 1 is 1.61 bits per heavy atom. The van der Waals surface area contributed by atoms with E-state index in [1.165, 1.54) is 0 Å². The van der Waals surface area contributed by atoms with E-state index in [0.717, 1.165) is 18.4 Å². The zero-order chi connectivity index (χ0) is 13.3. The van der Waals surface area contributed by atoms with Gasteiger partial charge in [0.2, 0.25) is 5.91 Å². The van der Waals surface area contributed by atoms with Gasteiger partial charge in [-0.15, -0.1) is 0 Å². The van der Waals surface area contributed by atoms with E-state index in [-0.39, 0.29) is 17.9 Å². The molecule has 2 rings (SSSR count). The number of nitrogens with one attached hydrogen (secondary N) is 1. The van der Waals surface area contributed by atoms with E-state index in [1.54, 1.807) is 4.68 Å². The first kappa shape index (κ1) is 13.1. The number of amides is 1. The first-order valence-corrected chi connectivity index (χ1v) is 6.50. The minimum absolute atomic E-state index is 0.0959. The Kier molecular flexibility index (Phi) is 3.71. The number of carbonyl (C=O) groups is 1. The fourth-order valence-electron chi connectivity index (χ4n) is 3.13. The summed E-state index contributed by atoms with van der Waals surface area (Å²) in [5.41, 5.74) is 6.69. The minimum Gasteiger partial charge on any atom is -0.369 e. The Balaban J connectivity index is 2.14. The summed E-state index contributed by atoms with van der Waals surface area (Å²) in [4.78, 5) is 11.6. The third-order valence-corrected chi connectivity index (χ3v) is 3.81. The molecule has 18 heavy (non-hydrogen) atoms. The molecule has 1 saturated heterocycles. The number of carbonyl (C=O) groups excluding carboxylic acids is 1. The second kappa shape index (κ2) is 5.10. The van der Waals surface area contributed by atoms with Crippen molar-refractivity contribution in [2.45, 2.75) is 38.8 Å². The zero-order valence-corrected chi connectivity index (χ0v) is 11.3. The number of nitrogens with zero attached hydrogens (tertiary/aromatic N) is 2. The van der Waals surface area contributed by atoms with Crippen LogP contribution in [0, 0.1) is 11.8 Å². The lowest BCUT2D eigenvalue weighted by atomic mass is 9.77. The summed E-state index contributed by atoms with van der Waals surface area (Å²) in [5.74, 6) is 0.0395. The molecular formula is C13H22N4O. The van der Waals surface area contributed by atoms with Crippen molar-refractivity contribution < 1.29 is 4.79 Å². The van der Waals surface area contributed by atoms with E-state index < -0.39 is 0 Å². The van der Waals surface area contributed by atoms with Crippen LogP contribution in [-0.2, 0) is 18.3 Å². The molecule has 4 atom stereocenters. The molecule has 1 aromatic rings. The largest absolute Gasteiger partial charge is 0.369 e. The number of rotatable bonds is 3. The van der Waals surface area contributed by atoms with Gasteiger partial charge in [-0.05, 0) is 31.2 Å². The van der Waals surface area contributed by atoms with Gasteiger partial charge in [0.05, 0.1) is 12.1 Å². The minimum atomic E-state index is -0.198. The van der Waals surface area contributed by atoms with Crippen LogP contribution in [0.4, 0.5) is 0 Å². The number of hydrogen-bond donors (Lipinski definition) is 2. The number of primary amides is 1. The van der Waals surface area contributed by atoms with Crippen LogP contribution in [0.2, 0.25) is 0 Å². The lowest BCUT2D eigenvalue weighted by Gasteiger charge is -2.39. The fourth-order valence-corrected chi connectivity index (χ4v) is 3.13. The van der Waals surface area contributed by atoms with Gasteiger partial charge in [-0.1, -0.05) is 6.92 Å². The van der Waals surface area contributed by atoms with E-state index in [0.29, 0.717) is 12.0 Å². The molecule has 0 radical (unpaired) electrons. The Morgan fingerprint density at radius 2 is 2.33 bits per heavy atom. The lowest BCUT2D eigenvalue weighted by molar-refractivity contribution is -0.125. The van der Waals surface area contributed by atoms with Crippen molar-refractivity contribution >= 4 is 5.91 Å². The number of aryl methyl sites for hydroxylation is 1. The Labute approximate surface area is 108 Å². The van der Waals surface area contributed by atoms with Gasteiger partial charge in [-0.3, -0.25) is 9.48 Å². The molecule has 2 heterocycles. The molecule has 1 fully saturated rings. The summed E-state index contributed by atoms with van der Waals surface area (Å²) in [5, 5.41) is 7.66. The van der Waals surface area contributed by atoms with Crippen molar-refractivity contribution in [1.82, 2.24) is 15.1 Å². The summed E-state index contributed by atoms with van der Waals surface area (Å²) in [6, 6.07) is 0.544. The van der Waals surface area contributed by atoms with Crippen LogP contribution in [0.25, 0.3) is 0 Å². The number of aromatic nitrogens is 2. The first-order valence-electron chi connectivity index (χ1n) is 6.50. The predicted molar refractivity (Wildman–Crippen MR) is 69.8 cm³/mol. The van der Waals surface area contributed by atoms with Gasteiger partial charge >= 0.3 is 0 Å². The number of nitrogens with two attached hydrogens (primary N) is 1. The molecule has 0 saturated carbocycles. The van der Waals surface area contributed by atoms with Crippen LogP contribution < -0.4 is 11.1 Å². The number of hydrogen-bond acceptors (Lipinski definition) is 3. The molecule has 1 aliphatic heterocycles. The quantitative estimate of drug-likeness (QED) is 0.818. The molecule has 0 bridgehead atoms. The van der Waals surface area contributed by atoms with Crippen molar-refractivity contribution in [1.29, 1.82) is 0 Å². The SMILES string of the molecule is CC1CC(C)C(C(N)=O)C(Cc2cnn(C)c2)N1. The molecule has 3 N–H and O–H groups in total. The first-order chi connectivity index (χ1) is 8.47. The molecule has 1 aromatic heterocycles. The number of piperidine rings is 1. The highest BCUT2D eigenvalue weighted by atomic mass is 16.1. The Hall–Kier alpha value is -1.36. The van der Waals surface area contributed by atoms with Crippen LogP contribution in [0.1, 0.15) is 25.8 Å². The van der Waals surface area contributed by atoms with Gasteiger partial charge < -0.3 is 11.1 Å². The van der Waals surface area contributed by atoms with Crippen molar-refractivity contribution in [3.05, 3.63) is 18.0 Å². The third-order valence-electron chi connectivity index (χ3n) is 3.81. The molecule has 0 spiro atoms. The van der Waals surface area contributed by atoms with Crippen molar-refractivity contribution in [3.63, 3.8) is 0 Å². The van der Waals surface area contributed by atoms with Crippen LogP contribution in [-0.4, -0.2) is 27.8 Å². The molecule has 5 nitrogen and oxygen atoms in total. The van der Waals surface area contributed by atoms with Crippen molar-refractivity contribution in [3.8, 4) is 0 Å². The molecule has 100 valence electrons. The predicted octanol–water partition coefficient (Wildman–Crippen LogP) is 0.451. The van der Waals surface area contributed by atoms with E-state index in [1.807, 2.05) is 19.4 Å². The molecule has 5 heteroatoms. The molecule has 0 aromatic carbocycles. The maximum absolute atomic E-state index is 11.6. The highest BCUT2D eigenvalue weighted by Gasteiger charge is 2.37. The normalized spacial score (nSPS) is 32.4. The standard InChI is InChI=1S/C13H22N4O/c1-8-4-9(2)16-11(12(8)13(14)18)5-10-6-15-17(3)7-10/h6-9,11-12,16H,4-5H2,1-3H3,(H2,14,18). The molecule has 1 aliphatic rings. The van der Waals surface area contributed by atoms with Gasteiger partial charge in [0.15, 0.2) is 0 Å². The monoisotopic (exact) mass is 250 g/mol. The van der Waals surface area contributed by atoms with E-state index in [2.05, 4.69) is 24.3 Å². The maximum Gasteiger partial charge on any atom is 0.222 e. The Bertz CT molecular complexity index is 428. The third kappa shape index (κ3) is 2.72. The zero-order valence-electron chi connectivity index (χ0n) is 11.3. The fraction of sp³-hybridized carbons (Fsp3) is 0.692. The lowest BCUT2D eigenvalue weighted by Crippen LogP contribution is -2.55. The second-order valence-electron chi connectivity index (χ2n) is 5.54. The molecular weight excluding hydrogens is 228 g/mol. The highest BCUT2D eigenvalue weighted by molar-refractivity contribution is 5.78. The van der Waals surface area contributed by atoms with Gasteiger partial charge in [0.25, 0.3) is 0 Å². The summed E-state index contributed by atoms with van der Waals surface area (Å²) >= 11 is 0. The van der Waals surface area contributed by atoms with Gasteiger partial charge in [0.1, 0.15) is 0 Å². The van der Waals surface area contributed by atoms with Crippen LogP contribution in [0.15, 0.2) is 12.4 Å². The van der Waals surface area contributed by atoms with Gasteiger partial charge in [0, 0.05) is 25.3 Å². The second-order valence-corrected chi connectivity index (χ2v) is 5.54. The Morgan fingerprint density at radius 3 is 2.89 bits per heavy atom. The average molecular weight is 250 g/mol. The van der Waals surface area contributed by atoms with E-state index >= 15 is 0 Å². The van der Waals surface area contributed by atoms with Crippen molar-refractivity contribution in [2.24, 2.45) is 24.6 Å². The van der Waals surface area contributed by atoms with E-state index in [4.69, 9.17) is 5.73 Å². The summed E-state index contributed by atoms with van der Waals surface area (Å²) in [6.45, 7) is 4.27. The maximum atomic E-state index is 11.6. The molecule has 4 unspecified atom stereocenters.